The Kier molecular flexibility index (Phi) is 6.23. The van der Waals surface area contributed by atoms with Crippen molar-refractivity contribution in [1.82, 2.24) is 4.90 Å². The van der Waals surface area contributed by atoms with E-state index >= 15 is 0 Å². The minimum Gasteiger partial charge on any atom is -0.381 e. The largest absolute Gasteiger partial charge is 0.381 e. The SMILES string of the molecule is Cl.NCC1CCN(C(=O)C2CCCOC2)CC1. The van der Waals surface area contributed by atoms with Crippen LogP contribution >= 0.6 is 12.4 Å². The second-order valence-corrected chi connectivity index (χ2v) is 4.92. The predicted molar refractivity (Wildman–Crippen MR) is 69.1 cm³/mol. The molecule has 2 aliphatic heterocycles. The molecule has 0 spiro atoms. The van der Waals surface area contributed by atoms with Gasteiger partial charge in [0, 0.05) is 19.7 Å². The first-order valence-electron chi connectivity index (χ1n) is 6.38. The summed E-state index contributed by atoms with van der Waals surface area (Å²) in [4.78, 5) is 14.2. The number of halogens is 1. The number of amides is 1. The van der Waals surface area contributed by atoms with Crippen molar-refractivity contribution in [2.24, 2.45) is 17.6 Å². The average molecular weight is 263 g/mol. The minimum atomic E-state index is 0. The third-order valence-electron chi connectivity index (χ3n) is 3.77. The fourth-order valence-corrected chi connectivity index (χ4v) is 2.58. The van der Waals surface area contributed by atoms with E-state index in [1.807, 2.05) is 4.90 Å². The van der Waals surface area contributed by atoms with Gasteiger partial charge >= 0.3 is 0 Å². The van der Waals surface area contributed by atoms with Gasteiger partial charge in [-0.2, -0.15) is 0 Å². The lowest BCUT2D eigenvalue weighted by Gasteiger charge is -2.34. The number of carbonyl (C=O) groups is 1. The van der Waals surface area contributed by atoms with Crippen LogP contribution in [0, 0.1) is 11.8 Å². The quantitative estimate of drug-likeness (QED) is 0.809. The van der Waals surface area contributed by atoms with Crippen LogP contribution in [0.4, 0.5) is 0 Å². The van der Waals surface area contributed by atoms with E-state index in [2.05, 4.69) is 0 Å². The van der Waals surface area contributed by atoms with Gasteiger partial charge in [0.2, 0.25) is 5.91 Å². The Morgan fingerprint density at radius 2 is 2.00 bits per heavy atom. The minimum absolute atomic E-state index is 0. The molecule has 1 unspecified atom stereocenters. The van der Waals surface area contributed by atoms with Crippen LogP contribution in [-0.4, -0.2) is 43.7 Å². The third-order valence-corrected chi connectivity index (χ3v) is 3.77. The number of likely N-dealkylation sites (tertiary alicyclic amines) is 1. The maximum absolute atomic E-state index is 12.2. The molecule has 2 aliphatic rings. The van der Waals surface area contributed by atoms with Crippen molar-refractivity contribution in [1.29, 1.82) is 0 Å². The lowest BCUT2D eigenvalue weighted by atomic mass is 9.94. The van der Waals surface area contributed by atoms with Gasteiger partial charge in [0.05, 0.1) is 12.5 Å². The summed E-state index contributed by atoms with van der Waals surface area (Å²) in [7, 11) is 0. The fraction of sp³-hybridized carbons (Fsp3) is 0.917. The summed E-state index contributed by atoms with van der Waals surface area (Å²) in [6.45, 7) is 3.97. The predicted octanol–water partition coefficient (Wildman–Crippen LogP) is 1.03. The molecule has 17 heavy (non-hydrogen) atoms. The van der Waals surface area contributed by atoms with E-state index in [0.717, 1.165) is 51.9 Å². The Bertz CT molecular complexity index is 237. The van der Waals surface area contributed by atoms with Crippen molar-refractivity contribution in [3.63, 3.8) is 0 Å². The van der Waals surface area contributed by atoms with Gasteiger partial charge in [-0.05, 0) is 38.1 Å². The van der Waals surface area contributed by atoms with E-state index in [-0.39, 0.29) is 18.3 Å². The van der Waals surface area contributed by atoms with Crippen LogP contribution in [0.3, 0.4) is 0 Å². The molecule has 2 heterocycles. The number of nitrogens with zero attached hydrogens (tertiary/aromatic N) is 1. The van der Waals surface area contributed by atoms with E-state index in [4.69, 9.17) is 10.5 Å². The van der Waals surface area contributed by atoms with Crippen molar-refractivity contribution in [2.75, 3.05) is 32.8 Å². The van der Waals surface area contributed by atoms with Gasteiger partial charge in [0.25, 0.3) is 0 Å². The number of rotatable bonds is 2. The van der Waals surface area contributed by atoms with Crippen molar-refractivity contribution in [3.8, 4) is 0 Å². The van der Waals surface area contributed by atoms with Gasteiger partial charge in [-0.15, -0.1) is 12.4 Å². The van der Waals surface area contributed by atoms with Gasteiger partial charge in [0.1, 0.15) is 0 Å². The first kappa shape index (κ1) is 14.7. The Hall–Kier alpha value is -0.320. The number of nitrogens with two attached hydrogens (primary N) is 1. The number of piperidine rings is 1. The zero-order valence-corrected chi connectivity index (χ0v) is 11.1. The molecule has 100 valence electrons. The van der Waals surface area contributed by atoms with E-state index in [1.54, 1.807) is 0 Å². The summed E-state index contributed by atoms with van der Waals surface area (Å²) in [5, 5.41) is 0. The van der Waals surface area contributed by atoms with E-state index < -0.39 is 0 Å². The molecular weight excluding hydrogens is 240 g/mol. The Morgan fingerprint density at radius 3 is 2.53 bits per heavy atom. The van der Waals surface area contributed by atoms with E-state index in [9.17, 15) is 4.79 Å². The Labute approximate surface area is 109 Å². The highest BCUT2D eigenvalue weighted by molar-refractivity contribution is 5.85. The lowest BCUT2D eigenvalue weighted by Crippen LogP contribution is -2.44. The molecule has 0 radical (unpaired) electrons. The molecule has 2 rings (SSSR count). The van der Waals surface area contributed by atoms with Gasteiger partial charge in [-0.3, -0.25) is 4.79 Å². The zero-order valence-electron chi connectivity index (χ0n) is 10.3. The molecule has 1 amide bonds. The highest BCUT2D eigenvalue weighted by Gasteiger charge is 2.29. The highest BCUT2D eigenvalue weighted by atomic mass is 35.5. The van der Waals surface area contributed by atoms with Crippen molar-refractivity contribution < 1.29 is 9.53 Å². The van der Waals surface area contributed by atoms with Gasteiger partial charge in [-0.1, -0.05) is 0 Å². The van der Waals surface area contributed by atoms with Crippen molar-refractivity contribution in [3.05, 3.63) is 0 Å². The molecule has 5 heteroatoms. The van der Waals surface area contributed by atoms with Crippen LogP contribution in [0.2, 0.25) is 0 Å². The normalized spacial score (nSPS) is 26.4. The average Bonchev–Trinajstić information content (AvgIpc) is 2.39. The summed E-state index contributed by atoms with van der Waals surface area (Å²) >= 11 is 0. The molecular formula is C12H23ClN2O2. The second kappa shape index (κ2) is 7.19. The molecule has 1 atom stereocenters. The molecule has 2 saturated heterocycles. The molecule has 0 saturated carbocycles. The first-order chi connectivity index (χ1) is 7.81. The van der Waals surface area contributed by atoms with E-state index in [1.165, 1.54) is 0 Å². The van der Waals surface area contributed by atoms with Gasteiger partial charge in [0.15, 0.2) is 0 Å². The number of hydrogen-bond acceptors (Lipinski definition) is 3. The van der Waals surface area contributed by atoms with Crippen LogP contribution in [0.15, 0.2) is 0 Å². The molecule has 0 bridgehead atoms. The lowest BCUT2D eigenvalue weighted by molar-refractivity contribution is -0.141. The zero-order chi connectivity index (χ0) is 11.4. The first-order valence-corrected chi connectivity index (χ1v) is 6.38. The number of hydrogen-bond donors (Lipinski definition) is 1. The van der Waals surface area contributed by atoms with Gasteiger partial charge < -0.3 is 15.4 Å². The smallest absolute Gasteiger partial charge is 0.228 e. The van der Waals surface area contributed by atoms with E-state index in [0.29, 0.717) is 18.4 Å². The Balaban J connectivity index is 0.00000144. The summed E-state index contributed by atoms with van der Waals surface area (Å²) in [5.74, 6) is 1.03. The molecule has 0 aromatic heterocycles. The molecule has 2 N–H and O–H groups in total. The summed E-state index contributed by atoms with van der Waals surface area (Å²) in [6.07, 6.45) is 4.15. The van der Waals surface area contributed by atoms with Crippen LogP contribution in [0.25, 0.3) is 0 Å². The maximum Gasteiger partial charge on any atom is 0.228 e. The topological polar surface area (TPSA) is 55.6 Å². The number of ether oxygens (including phenoxy) is 1. The van der Waals surface area contributed by atoms with Crippen LogP contribution in [0.5, 0.6) is 0 Å². The third kappa shape index (κ3) is 3.83. The molecule has 0 aromatic rings. The standard InChI is InChI=1S/C12H22N2O2.ClH/c13-8-10-3-5-14(6-4-10)12(15)11-2-1-7-16-9-11;/h10-11H,1-9,13H2;1H. The second-order valence-electron chi connectivity index (χ2n) is 4.92. The highest BCUT2D eigenvalue weighted by Crippen LogP contribution is 2.21. The molecule has 4 nitrogen and oxygen atoms in total. The Morgan fingerprint density at radius 1 is 1.29 bits per heavy atom. The monoisotopic (exact) mass is 262 g/mol. The van der Waals surface area contributed by atoms with Crippen LogP contribution in [-0.2, 0) is 9.53 Å². The summed E-state index contributed by atoms with van der Waals surface area (Å²) < 4.78 is 5.37. The van der Waals surface area contributed by atoms with Crippen LogP contribution < -0.4 is 5.73 Å². The van der Waals surface area contributed by atoms with Crippen LogP contribution in [0.1, 0.15) is 25.7 Å². The molecule has 0 aromatic carbocycles. The summed E-state index contributed by atoms with van der Waals surface area (Å²) in [6, 6.07) is 0. The number of carbonyl (C=O) groups excluding carboxylic acids is 1. The van der Waals surface area contributed by atoms with Crippen molar-refractivity contribution in [2.45, 2.75) is 25.7 Å². The molecule has 2 fully saturated rings. The van der Waals surface area contributed by atoms with Gasteiger partial charge in [-0.25, -0.2) is 0 Å². The fourth-order valence-electron chi connectivity index (χ4n) is 2.58. The summed E-state index contributed by atoms with van der Waals surface area (Å²) in [5.41, 5.74) is 5.64. The molecule has 0 aliphatic carbocycles. The maximum atomic E-state index is 12.2. The van der Waals surface area contributed by atoms with Crippen molar-refractivity contribution >= 4 is 18.3 Å².